The molecular formula is C15H22N6O. The van der Waals surface area contributed by atoms with Crippen molar-refractivity contribution in [2.45, 2.75) is 25.8 Å². The van der Waals surface area contributed by atoms with Crippen molar-refractivity contribution >= 4 is 11.3 Å². The maximum Gasteiger partial charge on any atom is 0.200 e. The lowest BCUT2D eigenvalue weighted by Crippen LogP contribution is -2.49. The van der Waals surface area contributed by atoms with Crippen molar-refractivity contribution in [1.82, 2.24) is 24.7 Å². The number of nitrogens with zero attached hydrogens (tertiary/aromatic N) is 6. The van der Waals surface area contributed by atoms with Gasteiger partial charge in [0, 0.05) is 32.2 Å². The van der Waals surface area contributed by atoms with Crippen molar-refractivity contribution in [3.05, 3.63) is 18.1 Å². The van der Waals surface area contributed by atoms with Crippen LogP contribution >= 0.6 is 0 Å². The topological polar surface area (TPSA) is 58.8 Å². The highest BCUT2D eigenvalue weighted by molar-refractivity contribution is 5.68. The molecule has 0 unspecified atom stereocenters. The molecule has 2 aliphatic rings. The van der Waals surface area contributed by atoms with Gasteiger partial charge in [-0.25, -0.2) is 0 Å². The van der Waals surface area contributed by atoms with Gasteiger partial charge in [-0.2, -0.15) is 9.61 Å². The molecule has 4 heterocycles. The van der Waals surface area contributed by atoms with E-state index >= 15 is 0 Å². The molecule has 2 aromatic heterocycles. The van der Waals surface area contributed by atoms with Crippen LogP contribution in [-0.2, 0) is 4.74 Å². The third kappa shape index (κ3) is 2.55. The minimum atomic E-state index is 0.692. The lowest BCUT2D eigenvalue weighted by Gasteiger charge is -2.40. The van der Waals surface area contributed by atoms with Crippen LogP contribution in [0.2, 0.25) is 0 Å². The highest BCUT2D eigenvalue weighted by Crippen LogP contribution is 2.26. The van der Waals surface area contributed by atoms with Crippen LogP contribution in [-0.4, -0.2) is 70.1 Å². The largest absolute Gasteiger partial charge is 0.379 e. The van der Waals surface area contributed by atoms with E-state index in [0.717, 1.165) is 56.4 Å². The summed E-state index contributed by atoms with van der Waals surface area (Å²) in [6.07, 6.45) is 4.07. The van der Waals surface area contributed by atoms with Gasteiger partial charge in [-0.05, 0) is 25.8 Å². The van der Waals surface area contributed by atoms with Gasteiger partial charge >= 0.3 is 0 Å². The van der Waals surface area contributed by atoms with E-state index in [1.54, 1.807) is 10.8 Å². The predicted molar refractivity (Wildman–Crippen MR) is 83.1 cm³/mol. The van der Waals surface area contributed by atoms with Crippen LogP contribution in [0.5, 0.6) is 0 Å². The quantitative estimate of drug-likeness (QED) is 0.815. The Hall–Kier alpha value is -1.73. The van der Waals surface area contributed by atoms with Crippen molar-refractivity contribution in [1.29, 1.82) is 0 Å². The first-order valence-corrected chi connectivity index (χ1v) is 8.06. The number of morpholine rings is 1. The summed E-state index contributed by atoms with van der Waals surface area (Å²) in [5.41, 5.74) is 3.01. The first-order chi connectivity index (χ1) is 10.8. The summed E-state index contributed by atoms with van der Waals surface area (Å²) in [6.45, 7) is 8.06. The van der Waals surface area contributed by atoms with Gasteiger partial charge in [-0.15, -0.1) is 10.2 Å². The molecule has 7 heteroatoms. The summed E-state index contributed by atoms with van der Waals surface area (Å²) >= 11 is 0. The molecule has 7 nitrogen and oxygen atoms in total. The molecule has 0 atom stereocenters. The van der Waals surface area contributed by atoms with Crippen molar-refractivity contribution in [2.75, 3.05) is 44.3 Å². The van der Waals surface area contributed by atoms with Crippen LogP contribution in [0.1, 0.15) is 18.5 Å². The molecule has 0 aromatic carbocycles. The van der Waals surface area contributed by atoms with Gasteiger partial charge in [-0.3, -0.25) is 4.90 Å². The molecule has 0 amide bonds. The monoisotopic (exact) mass is 302 g/mol. The zero-order chi connectivity index (χ0) is 14.9. The number of hydrogen-bond acceptors (Lipinski definition) is 6. The van der Waals surface area contributed by atoms with E-state index in [2.05, 4.69) is 31.2 Å². The molecule has 4 rings (SSSR count). The fourth-order valence-electron chi connectivity index (χ4n) is 3.58. The Labute approximate surface area is 129 Å². The van der Waals surface area contributed by atoms with E-state index in [1.807, 2.05) is 6.92 Å². The Balaban J connectivity index is 1.49. The summed E-state index contributed by atoms with van der Waals surface area (Å²) in [7, 11) is 0. The number of aryl methyl sites for hydroxylation is 1. The number of anilines is 1. The second-order valence-electron chi connectivity index (χ2n) is 6.14. The molecule has 2 aliphatic heterocycles. The lowest BCUT2D eigenvalue weighted by atomic mass is 10.0. The Bertz CT molecular complexity index is 643. The van der Waals surface area contributed by atoms with Crippen molar-refractivity contribution < 1.29 is 4.74 Å². The first-order valence-electron chi connectivity index (χ1n) is 8.06. The van der Waals surface area contributed by atoms with Crippen molar-refractivity contribution in [3.8, 4) is 0 Å². The average molecular weight is 302 g/mol. The summed E-state index contributed by atoms with van der Waals surface area (Å²) in [5.74, 6) is 0. The molecular weight excluding hydrogens is 280 g/mol. The van der Waals surface area contributed by atoms with Crippen LogP contribution < -0.4 is 4.90 Å². The first kappa shape index (κ1) is 13.9. The number of fused-ring (bicyclic) bond motifs is 1. The molecule has 0 aliphatic carbocycles. The molecule has 2 saturated heterocycles. The zero-order valence-electron chi connectivity index (χ0n) is 13.0. The number of rotatable bonds is 2. The summed E-state index contributed by atoms with van der Waals surface area (Å²) in [6, 6.07) is 2.82. The van der Waals surface area contributed by atoms with E-state index in [1.165, 1.54) is 12.8 Å². The molecule has 2 aromatic rings. The second-order valence-corrected chi connectivity index (χ2v) is 6.14. The molecule has 118 valence electrons. The average Bonchev–Trinajstić information content (AvgIpc) is 3.03. The normalized spacial score (nSPS) is 21.6. The number of piperidine rings is 1. The maximum absolute atomic E-state index is 5.46. The Kier molecular flexibility index (Phi) is 3.67. The smallest absolute Gasteiger partial charge is 0.200 e. The minimum absolute atomic E-state index is 0.692. The summed E-state index contributed by atoms with van der Waals surface area (Å²) < 4.78 is 7.23. The number of aromatic nitrogens is 4. The molecule has 0 bridgehead atoms. The van der Waals surface area contributed by atoms with Gasteiger partial charge in [0.05, 0.1) is 24.6 Å². The predicted octanol–water partition coefficient (Wildman–Crippen LogP) is 0.734. The van der Waals surface area contributed by atoms with Gasteiger partial charge in [0.1, 0.15) is 6.33 Å². The molecule has 0 saturated carbocycles. The van der Waals surface area contributed by atoms with Crippen LogP contribution in [0.15, 0.2) is 12.4 Å². The van der Waals surface area contributed by atoms with E-state index in [0.29, 0.717) is 6.04 Å². The number of hydrogen-bond donors (Lipinski definition) is 0. The van der Waals surface area contributed by atoms with Gasteiger partial charge in [0.2, 0.25) is 5.65 Å². The van der Waals surface area contributed by atoms with Crippen molar-refractivity contribution in [3.63, 3.8) is 0 Å². The Morgan fingerprint density at radius 2 is 1.91 bits per heavy atom. The molecule has 0 radical (unpaired) electrons. The van der Waals surface area contributed by atoms with Crippen LogP contribution in [0, 0.1) is 6.92 Å². The number of ether oxygens (including phenoxy) is 1. The second kappa shape index (κ2) is 5.81. The van der Waals surface area contributed by atoms with Gasteiger partial charge in [-0.1, -0.05) is 0 Å². The van der Waals surface area contributed by atoms with Crippen LogP contribution in [0.3, 0.4) is 0 Å². The van der Waals surface area contributed by atoms with Crippen LogP contribution in [0.4, 0.5) is 5.69 Å². The maximum atomic E-state index is 5.46. The van der Waals surface area contributed by atoms with E-state index in [4.69, 9.17) is 4.74 Å². The summed E-state index contributed by atoms with van der Waals surface area (Å²) in [4.78, 5) is 5.01. The van der Waals surface area contributed by atoms with E-state index in [9.17, 15) is 0 Å². The van der Waals surface area contributed by atoms with Gasteiger partial charge in [0.25, 0.3) is 0 Å². The summed E-state index contributed by atoms with van der Waals surface area (Å²) in [5, 5.41) is 12.6. The van der Waals surface area contributed by atoms with Gasteiger partial charge in [0.15, 0.2) is 0 Å². The SMILES string of the molecule is Cc1cc(N2CCC(N3CCOCC3)CC2)c2nncn2n1. The van der Waals surface area contributed by atoms with Crippen LogP contribution in [0.25, 0.3) is 5.65 Å². The molecule has 22 heavy (non-hydrogen) atoms. The lowest BCUT2D eigenvalue weighted by molar-refractivity contribution is 0.0115. The fraction of sp³-hybridized carbons (Fsp3) is 0.667. The highest BCUT2D eigenvalue weighted by Gasteiger charge is 2.27. The minimum Gasteiger partial charge on any atom is -0.379 e. The zero-order valence-corrected chi connectivity index (χ0v) is 13.0. The Morgan fingerprint density at radius 1 is 1.14 bits per heavy atom. The van der Waals surface area contributed by atoms with Gasteiger partial charge < -0.3 is 9.64 Å². The highest BCUT2D eigenvalue weighted by atomic mass is 16.5. The molecule has 0 spiro atoms. The third-order valence-corrected chi connectivity index (χ3v) is 4.74. The van der Waals surface area contributed by atoms with Crippen molar-refractivity contribution in [2.24, 2.45) is 0 Å². The fourth-order valence-corrected chi connectivity index (χ4v) is 3.58. The standard InChI is InChI=1S/C15H22N6O/c1-12-10-14(15-17-16-11-21(15)18-12)20-4-2-13(3-5-20)19-6-8-22-9-7-19/h10-11,13H,2-9H2,1H3. The molecule has 0 N–H and O–H groups in total. The van der Waals surface area contributed by atoms with E-state index < -0.39 is 0 Å². The van der Waals surface area contributed by atoms with E-state index in [-0.39, 0.29) is 0 Å². The Morgan fingerprint density at radius 3 is 2.68 bits per heavy atom. The third-order valence-electron chi connectivity index (χ3n) is 4.74. The molecule has 2 fully saturated rings.